The number of nitrogens with one attached hydrogen (secondary N) is 2. The Morgan fingerprint density at radius 2 is 1.85 bits per heavy atom. The molecule has 0 unspecified atom stereocenters. The lowest BCUT2D eigenvalue weighted by molar-refractivity contribution is 0.410. The molecule has 27 heavy (non-hydrogen) atoms. The minimum Gasteiger partial charge on any atom is -0.497 e. The second-order valence-electron chi connectivity index (χ2n) is 5.86. The molecule has 0 saturated carbocycles. The molecule has 3 aromatic rings. The number of anilines is 2. The van der Waals surface area contributed by atoms with Crippen LogP contribution in [0.1, 0.15) is 11.1 Å². The topological polar surface area (TPSA) is 81.2 Å². The van der Waals surface area contributed by atoms with Crippen LogP contribution in [-0.2, 0) is 13.0 Å². The summed E-state index contributed by atoms with van der Waals surface area (Å²) in [5, 5.41) is 14.5. The molecule has 0 saturated heterocycles. The highest BCUT2D eigenvalue weighted by molar-refractivity contribution is 5.40. The highest BCUT2D eigenvalue weighted by Gasteiger charge is 2.04. The average molecular weight is 365 g/mol. The summed E-state index contributed by atoms with van der Waals surface area (Å²) in [6.07, 6.45) is 2.46. The van der Waals surface area contributed by atoms with Crippen LogP contribution in [0.3, 0.4) is 0 Å². The van der Waals surface area contributed by atoms with Crippen molar-refractivity contribution in [3.05, 3.63) is 65.9 Å². The lowest BCUT2D eigenvalue weighted by Gasteiger charge is -2.10. The first kappa shape index (κ1) is 18.4. The number of benzene rings is 2. The fourth-order valence-electron chi connectivity index (χ4n) is 2.65. The molecule has 2 aromatic carbocycles. The molecule has 0 bridgehead atoms. The quantitative estimate of drug-likeness (QED) is 0.603. The molecule has 140 valence electrons. The molecule has 1 aromatic heterocycles. The van der Waals surface area contributed by atoms with Crippen LogP contribution in [-0.4, -0.2) is 35.9 Å². The molecule has 0 aliphatic heterocycles. The van der Waals surface area contributed by atoms with E-state index in [0.29, 0.717) is 18.3 Å². The maximum absolute atomic E-state index is 5.35. The van der Waals surface area contributed by atoms with Gasteiger partial charge in [-0.25, -0.2) is 0 Å². The van der Waals surface area contributed by atoms with Crippen LogP contribution >= 0.6 is 0 Å². The van der Waals surface area contributed by atoms with E-state index in [4.69, 9.17) is 9.47 Å². The van der Waals surface area contributed by atoms with Crippen LogP contribution in [0, 0.1) is 0 Å². The van der Waals surface area contributed by atoms with Crippen LogP contribution in [0.5, 0.6) is 11.5 Å². The van der Waals surface area contributed by atoms with Gasteiger partial charge in [-0.05, 0) is 30.2 Å². The SMILES string of the molecule is COc1cccc(CCNc2cnnc(NCc3ccccc3OC)n2)c1. The Labute approximate surface area is 158 Å². The van der Waals surface area contributed by atoms with E-state index in [-0.39, 0.29) is 0 Å². The Balaban J connectivity index is 1.54. The standard InChI is InChI=1S/C20H23N5O2/c1-26-17-8-5-6-15(12-17)10-11-21-19-14-23-25-20(24-19)22-13-16-7-3-4-9-18(16)27-2/h3-9,12,14H,10-11,13H2,1-2H3,(H2,21,22,24,25). The number of nitrogens with zero attached hydrogens (tertiary/aromatic N) is 3. The number of rotatable bonds is 9. The zero-order valence-corrected chi connectivity index (χ0v) is 15.5. The van der Waals surface area contributed by atoms with Crippen molar-refractivity contribution in [2.45, 2.75) is 13.0 Å². The third kappa shape index (κ3) is 5.31. The normalized spacial score (nSPS) is 10.3. The first-order valence-corrected chi connectivity index (χ1v) is 8.71. The molecule has 0 radical (unpaired) electrons. The van der Waals surface area contributed by atoms with Crippen LogP contribution in [0.25, 0.3) is 0 Å². The lowest BCUT2D eigenvalue weighted by atomic mass is 10.1. The Bertz CT molecular complexity index is 872. The maximum Gasteiger partial charge on any atom is 0.244 e. The predicted octanol–water partition coefficient (Wildman–Crippen LogP) is 3.16. The maximum atomic E-state index is 5.35. The van der Waals surface area contributed by atoms with Crippen LogP contribution in [0.4, 0.5) is 11.8 Å². The number of hydrogen-bond acceptors (Lipinski definition) is 7. The molecule has 1 heterocycles. The van der Waals surface area contributed by atoms with E-state index < -0.39 is 0 Å². The largest absolute Gasteiger partial charge is 0.497 e. The van der Waals surface area contributed by atoms with Gasteiger partial charge in [-0.3, -0.25) is 0 Å². The summed E-state index contributed by atoms with van der Waals surface area (Å²) in [4.78, 5) is 4.45. The van der Waals surface area contributed by atoms with Crippen LogP contribution in [0.15, 0.2) is 54.7 Å². The smallest absolute Gasteiger partial charge is 0.244 e. The van der Waals surface area contributed by atoms with Gasteiger partial charge in [-0.2, -0.15) is 10.1 Å². The number of hydrogen-bond donors (Lipinski definition) is 2. The van der Waals surface area contributed by atoms with Crippen molar-refractivity contribution >= 4 is 11.8 Å². The third-order valence-electron chi connectivity index (χ3n) is 4.04. The van der Waals surface area contributed by atoms with E-state index in [0.717, 1.165) is 30.0 Å². The van der Waals surface area contributed by atoms with E-state index in [9.17, 15) is 0 Å². The highest BCUT2D eigenvalue weighted by atomic mass is 16.5. The molecular weight excluding hydrogens is 342 g/mol. The van der Waals surface area contributed by atoms with Gasteiger partial charge in [-0.15, -0.1) is 5.10 Å². The minimum absolute atomic E-state index is 0.465. The fraction of sp³-hybridized carbons (Fsp3) is 0.250. The summed E-state index contributed by atoms with van der Waals surface area (Å²) in [5.74, 6) is 2.83. The minimum atomic E-state index is 0.465. The van der Waals surface area contributed by atoms with Crippen LogP contribution < -0.4 is 20.1 Å². The molecule has 2 N–H and O–H groups in total. The van der Waals surface area contributed by atoms with Gasteiger partial charge in [-0.1, -0.05) is 30.3 Å². The Kier molecular flexibility index (Phi) is 6.40. The summed E-state index contributed by atoms with van der Waals surface area (Å²) >= 11 is 0. The van der Waals surface area contributed by atoms with E-state index in [1.807, 2.05) is 42.5 Å². The Morgan fingerprint density at radius 3 is 2.70 bits per heavy atom. The lowest BCUT2D eigenvalue weighted by Crippen LogP contribution is -2.10. The zero-order chi connectivity index (χ0) is 18.9. The van der Waals surface area contributed by atoms with Gasteiger partial charge in [0.1, 0.15) is 11.5 Å². The molecule has 0 fully saturated rings. The van der Waals surface area contributed by atoms with Crippen molar-refractivity contribution in [3.8, 4) is 11.5 Å². The second-order valence-corrected chi connectivity index (χ2v) is 5.86. The fourth-order valence-corrected chi connectivity index (χ4v) is 2.65. The Morgan fingerprint density at radius 1 is 0.963 bits per heavy atom. The zero-order valence-electron chi connectivity index (χ0n) is 15.5. The monoisotopic (exact) mass is 365 g/mol. The number of para-hydroxylation sites is 1. The number of methoxy groups -OCH3 is 2. The first-order chi connectivity index (χ1) is 13.3. The van der Waals surface area contributed by atoms with Crippen molar-refractivity contribution < 1.29 is 9.47 Å². The van der Waals surface area contributed by atoms with Crippen molar-refractivity contribution in [1.29, 1.82) is 0 Å². The summed E-state index contributed by atoms with van der Waals surface area (Å²) < 4.78 is 10.6. The summed E-state index contributed by atoms with van der Waals surface area (Å²) in [7, 11) is 3.33. The highest BCUT2D eigenvalue weighted by Crippen LogP contribution is 2.18. The average Bonchev–Trinajstić information content (AvgIpc) is 2.73. The molecule has 7 heteroatoms. The molecule has 7 nitrogen and oxygen atoms in total. The van der Waals surface area contributed by atoms with Gasteiger partial charge < -0.3 is 20.1 Å². The molecule has 0 atom stereocenters. The van der Waals surface area contributed by atoms with Crippen LogP contribution in [0.2, 0.25) is 0 Å². The first-order valence-electron chi connectivity index (χ1n) is 8.71. The summed E-state index contributed by atoms with van der Waals surface area (Å²) in [5.41, 5.74) is 2.22. The van der Waals surface area contributed by atoms with E-state index in [1.54, 1.807) is 20.4 Å². The molecule has 3 rings (SSSR count). The number of aromatic nitrogens is 3. The van der Waals surface area contributed by atoms with Crippen molar-refractivity contribution in [3.63, 3.8) is 0 Å². The molecule has 0 spiro atoms. The van der Waals surface area contributed by atoms with Crippen molar-refractivity contribution in [2.75, 3.05) is 31.4 Å². The van der Waals surface area contributed by atoms with E-state index in [2.05, 4.69) is 31.9 Å². The van der Waals surface area contributed by atoms with Gasteiger partial charge in [0, 0.05) is 18.7 Å². The predicted molar refractivity (Wildman–Crippen MR) is 105 cm³/mol. The van der Waals surface area contributed by atoms with E-state index in [1.165, 1.54) is 5.56 Å². The van der Waals surface area contributed by atoms with Crippen molar-refractivity contribution in [1.82, 2.24) is 15.2 Å². The Hall–Kier alpha value is -3.35. The van der Waals surface area contributed by atoms with Gasteiger partial charge >= 0.3 is 0 Å². The second kappa shape index (κ2) is 9.38. The van der Waals surface area contributed by atoms with Gasteiger partial charge in [0.25, 0.3) is 0 Å². The number of ether oxygens (including phenoxy) is 2. The van der Waals surface area contributed by atoms with Gasteiger partial charge in [0.2, 0.25) is 5.95 Å². The summed E-state index contributed by atoms with van der Waals surface area (Å²) in [6, 6.07) is 15.8. The summed E-state index contributed by atoms with van der Waals surface area (Å²) in [6.45, 7) is 1.29. The molecule has 0 aliphatic carbocycles. The molecule has 0 amide bonds. The van der Waals surface area contributed by atoms with E-state index >= 15 is 0 Å². The van der Waals surface area contributed by atoms with Crippen molar-refractivity contribution in [2.24, 2.45) is 0 Å². The van der Waals surface area contributed by atoms with Gasteiger partial charge in [0.15, 0.2) is 5.82 Å². The molecular formula is C20H23N5O2. The molecule has 0 aliphatic rings. The van der Waals surface area contributed by atoms with Gasteiger partial charge in [0.05, 0.1) is 20.4 Å². The third-order valence-corrected chi connectivity index (χ3v) is 4.04.